The molecular formula is C23H23FN2O4S. The first-order chi connectivity index (χ1) is 14.8. The van der Waals surface area contributed by atoms with Crippen molar-refractivity contribution in [1.29, 1.82) is 0 Å². The molecule has 0 bridgehead atoms. The Kier molecular flexibility index (Phi) is 7.04. The number of hydrogen-bond acceptors (Lipinski definition) is 4. The summed E-state index contributed by atoms with van der Waals surface area (Å²) in [5, 5.41) is 0. The molecule has 0 unspecified atom stereocenters. The highest BCUT2D eigenvalue weighted by Gasteiger charge is 2.20. The van der Waals surface area contributed by atoms with Gasteiger partial charge in [-0.1, -0.05) is 17.7 Å². The Bertz CT molecular complexity index is 1130. The molecule has 0 saturated carbocycles. The lowest BCUT2D eigenvalue weighted by molar-refractivity contribution is 0.0987. The first-order valence-electron chi connectivity index (χ1n) is 9.58. The molecule has 0 spiro atoms. The molecule has 1 N–H and O–H groups in total. The van der Waals surface area contributed by atoms with Crippen molar-refractivity contribution in [1.82, 2.24) is 4.72 Å². The van der Waals surface area contributed by atoms with E-state index in [1.165, 1.54) is 48.4 Å². The number of ether oxygens (including phenoxy) is 1. The standard InChI is InChI=1S/C23H23FN2O4S/c1-17-3-5-18(6-4-17)23(27)26(20-9-7-19(24)8-10-20)16-15-25-31(28,29)22-13-11-21(30-2)12-14-22/h3-14,25H,15-16H2,1-2H3. The normalized spacial score (nSPS) is 11.2. The first kappa shape index (κ1) is 22.5. The lowest BCUT2D eigenvalue weighted by atomic mass is 10.1. The Morgan fingerprint density at radius 1 is 0.968 bits per heavy atom. The maximum Gasteiger partial charge on any atom is 0.258 e. The summed E-state index contributed by atoms with van der Waals surface area (Å²) >= 11 is 0. The number of rotatable bonds is 8. The summed E-state index contributed by atoms with van der Waals surface area (Å²) in [6.07, 6.45) is 0. The van der Waals surface area contributed by atoms with E-state index >= 15 is 0 Å². The monoisotopic (exact) mass is 442 g/mol. The molecule has 0 aliphatic heterocycles. The number of halogens is 1. The molecule has 6 nitrogen and oxygen atoms in total. The van der Waals surface area contributed by atoms with Gasteiger partial charge in [-0.05, 0) is 67.6 Å². The van der Waals surface area contributed by atoms with Gasteiger partial charge in [0.2, 0.25) is 10.0 Å². The van der Waals surface area contributed by atoms with Gasteiger partial charge >= 0.3 is 0 Å². The van der Waals surface area contributed by atoms with Crippen molar-refractivity contribution < 1.29 is 22.3 Å². The minimum absolute atomic E-state index is 0.0245. The number of amides is 1. The third kappa shape index (κ3) is 5.68. The van der Waals surface area contributed by atoms with Crippen LogP contribution in [0.3, 0.4) is 0 Å². The molecule has 0 saturated heterocycles. The van der Waals surface area contributed by atoms with Crippen molar-refractivity contribution in [2.45, 2.75) is 11.8 Å². The zero-order valence-corrected chi connectivity index (χ0v) is 18.0. The Morgan fingerprint density at radius 2 is 1.58 bits per heavy atom. The van der Waals surface area contributed by atoms with E-state index in [1.807, 2.05) is 19.1 Å². The van der Waals surface area contributed by atoms with Gasteiger partial charge in [0.05, 0.1) is 12.0 Å². The van der Waals surface area contributed by atoms with Crippen molar-refractivity contribution >= 4 is 21.6 Å². The van der Waals surface area contributed by atoms with Crippen LogP contribution in [0, 0.1) is 12.7 Å². The van der Waals surface area contributed by atoms with Crippen molar-refractivity contribution in [3.63, 3.8) is 0 Å². The van der Waals surface area contributed by atoms with E-state index < -0.39 is 15.8 Å². The van der Waals surface area contributed by atoms with E-state index in [0.29, 0.717) is 17.0 Å². The van der Waals surface area contributed by atoms with Crippen molar-refractivity contribution in [3.8, 4) is 5.75 Å². The largest absolute Gasteiger partial charge is 0.497 e. The van der Waals surface area contributed by atoms with Gasteiger partial charge in [0.25, 0.3) is 5.91 Å². The molecular weight excluding hydrogens is 419 g/mol. The van der Waals surface area contributed by atoms with Gasteiger partial charge in [-0.3, -0.25) is 4.79 Å². The Balaban J connectivity index is 1.77. The van der Waals surface area contributed by atoms with E-state index in [2.05, 4.69) is 4.72 Å². The van der Waals surface area contributed by atoms with Crippen LogP contribution >= 0.6 is 0 Å². The fourth-order valence-electron chi connectivity index (χ4n) is 2.95. The maximum absolute atomic E-state index is 13.4. The predicted molar refractivity (Wildman–Crippen MR) is 117 cm³/mol. The van der Waals surface area contributed by atoms with Crippen molar-refractivity contribution in [3.05, 3.63) is 89.7 Å². The fraction of sp³-hybridized carbons (Fsp3) is 0.174. The van der Waals surface area contributed by atoms with Crippen LogP contribution in [0.1, 0.15) is 15.9 Å². The molecule has 31 heavy (non-hydrogen) atoms. The molecule has 0 aliphatic rings. The molecule has 0 aromatic heterocycles. The molecule has 0 aliphatic carbocycles. The minimum atomic E-state index is -3.77. The molecule has 0 fully saturated rings. The van der Waals surface area contributed by atoms with Crippen LogP contribution in [0.15, 0.2) is 77.7 Å². The molecule has 162 valence electrons. The van der Waals surface area contributed by atoms with Crippen molar-refractivity contribution in [2.75, 3.05) is 25.1 Å². The highest BCUT2D eigenvalue weighted by Crippen LogP contribution is 2.19. The number of carbonyl (C=O) groups is 1. The minimum Gasteiger partial charge on any atom is -0.497 e. The molecule has 3 aromatic carbocycles. The molecule has 3 aromatic rings. The number of nitrogens with zero attached hydrogens (tertiary/aromatic N) is 1. The lowest BCUT2D eigenvalue weighted by Crippen LogP contribution is -2.38. The van der Waals surface area contributed by atoms with E-state index in [4.69, 9.17) is 4.74 Å². The number of hydrogen-bond donors (Lipinski definition) is 1. The Morgan fingerprint density at radius 3 is 2.16 bits per heavy atom. The van der Waals surface area contributed by atoms with Crippen LogP contribution in [0.25, 0.3) is 0 Å². The molecule has 0 heterocycles. The van der Waals surface area contributed by atoms with Crippen LogP contribution in [0.4, 0.5) is 10.1 Å². The molecule has 8 heteroatoms. The number of carbonyl (C=O) groups excluding carboxylic acids is 1. The zero-order chi connectivity index (χ0) is 22.4. The SMILES string of the molecule is COc1ccc(S(=O)(=O)NCCN(C(=O)c2ccc(C)cc2)c2ccc(F)cc2)cc1. The van der Waals surface area contributed by atoms with Gasteiger partial charge in [-0.15, -0.1) is 0 Å². The topological polar surface area (TPSA) is 75.7 Å². The van der Waals surface area contributed by atoms with Crippen LogP contribution in [0.5, 0.6) is 5.75 Å². The summed E-state index contributed by atoms with van der Waals surface area (Å²) in [6.45, 7) is 1.96. The number of nitrogens with one attached hydrogen (secondary N) is 1. The third-order valence-corrected chi connectivity index (χ3v) is 6.16. The van der Waals surface area contributed by atoms with Gasteiger partial charge in [0.15, 0.2) is 0 Å². The number of aryl methyl sites for hydroxylation is 1. The average Bonchev–Trinajstić information content (AvgIpc) is 2.77. The summed E-state index contributed by atoms with van der Waals surface area (Å²) in [5.41, 5.74) is 1.93. The second kappa shape index (κ2) is 9.72. The van der Waals surface area contributed by atoms with Crippen LogP contribution < -0.4 is 14.4 Å². The number of sulfonamides is 1. The predicted octanol–water partition coefficient (Wildman–Crippen LogP) is 3.77. The van der Waals surface area contributed by atoms with E-state index in [9.17, 15) is 17.6 Å². The molecule has 0 radical (unpaired) electrons. The van der Waals surface area contributed by atoms with E-state index in [-0.39, 0.29) is 23.9 Å². The van der Waals surface area contributed by atoms with E-state index in [0.717, 1.165) is 5.56 Å². The van der Waals surface area contributed by atoms with E-state index in [1.54, 1.807) is 24.3 Å². The Labute approximate surface area is 181 Å². The molecule has 3 rings (SSSR count). The van der Waals surface area contributed by atoms with Crippen LogP contribution in [-0.4, -0.2) is 34.5 Å². The third-order valence-electron chi connectivity index (χ3n) is 4.68. The smallest absolute Gasteiger partial charge is 0.258 e. The summed E-state index contributed by atoms with van der Waals surface area (Å²) in [7, 11) is -2.27. The van der Waals surface area contributed by atoms with Crippen molar-refractivity contribution in [2.24, 2.45) is 0 Å². The van der Waals surface area contributed by atoms with Crippen LogP contribution in [0.2, 0.25) is 0 Å². The fourth-order valence-corrected chi connectivity index (χ4v) is 3.97. The number of anilines is 1. The number of benzene rings is 3. The summed E-state index contributed by atoms with van der Waals surface area (Å²) in [4.78, 5) is 14.6. The molecule has 0 atom stereocenters. The van der Waals surface area contributed by atoms with Gasteiger partial charge in [0.1, 0.15) is 11.6 Å². The highest BCUT2D eigenvalue weighted by molar-refractivity contribution is 7.89. The quantitative estimate of drug-likeness (QED) is 0.576. The van der Waals surface area contributed by atoms with Gasteiger partial charge in [0, 0.05) is 24.3 Å². The maximum atomic E-state index is 13.4. The summed E-state index contributed by atoms with van der Waals surface area (Å²) < 4.78 is 46.0. The highest BCUT2D eigenvalue weighted by atomic mass is 32.2. The van der Waals surface area contributed by atoms with Gasteiger partial charge in [-0.25, -0.2) is 17.5 Å². The van der Waals surface area contributed by atoms with Crippen LogP contribution in [-0.2, 0) is 10.0 Å². The Hall–Kier alpha value is -3.23. The second-order valence-electron chi connectivity index (χ2n) is 6.87. The lowest BCUT2D eigenvalue weighted by Gasteiger charge is -2.23. The second-order valence-corrected chi connectivity index (χ2v) is 8.64. The van der Waals surface area contributed by atoms with Gasteiger partial charge in [-0.2, -0.15) is 0 Å². The molecule has 1 amide bonds. The zero-order valence-electron chi connectivity index (χ0n) is 17.2. The summed E-state index contributed by atoms with van der Waals surface area (Å²) in [6, 6.07) is 18.5. The van der Waals surface area contributed by atoms with Gasteiger partial charge < -0.3 is 9.64 Å². The first-order valence-corrected chi connectivity index (χ1v) is 11.1. The summed E-state index contributed by atoms with van der Waals surface area (Å²) in [5.74, 6) is -0.188. The number of methoxy groups -OCH3 is 1. The average molecular weight is 443 g/mol.